The lowest BCUT2D eigenvalue weighted by Crippen LogP contribution is -2.47. The summed E-state index contributed by atoms with van der Waals surface area (Å²) in [5.41, 5.74) is 0. The third kappa shape index (κ3) is 10.1. The summed E-state index contributed by atoms with van der Waals surface area (Å²) in [6.07, 6.45) is 3.32. The molecule has 0 aliphatic carbocycles. The SMILES string of the molecule is CC(=O)NCCCCCC(C(=O)NC(C)CC(=O)O)N(C)C. The van der Waals surface area contributed by atoms with E-state index in [0.717, 1.165) is 19.3 Å². The smallest absolute Gasteiger partial charge is 0.305 e. The Morgan fingerprint density at radius 2 is 1.77 bits per heavy atom. The maximum absolute atomic E-state index is 12.2. The van der Waals surface area contributed by atoms with Crippen LogP contribution in [0.25, 0.3) is 0 Å². The number of hydrogen-bond acceptors (Lipinski definition) is 4. The molecule has 0 rings (SSSR count). The fourth-order valence-electron chi connectivity index (χ4n) is 2.18. The van der Waals surface area contributed by atoms with Crippen molar-refractivity contribution >= 4 is 17.8 Å². The van der Waals surface area contributed by atoms with Crippen LogP contribution in [0.1, 0.15) is 46.0 Å². The molecule has 22 heavy (non-hydrogen) atoms. The molecule has 7 nitrogen and oxygen atoms in total. The zero-order valence-electron chi connectivity index (χ0n) is 14.0. The summed E-state index contributed by atoms with van der Waals surface area (Å²) in [7, 11) is 3.67. The van der Waals surface area contributed by atoms with E-state index in [1.54, 1.807) is 6.92 Å². The summed E-state index contributed by atoms with van der Waals surface area (Å²) in [4.78, 5) is 35.4. The first-order chi connectivity index (χ1) is 10.2. The molecule has 0 bridgehead atoms. The van der Waals surface area contributed by atoms with Gasteiger partial charge in [-0.1, -0.05) is 12.8 Å². The van der Waals surface area contributed by atoms with Gasteiger partial charge in [0.25, 0.3) is 0 Å². The number of unbranched alkanes of at least 4 members (excludes halogenated alkanes) is 2. The summed E-state index contributed by atoms with van der Waals surface area (Å²) >= 11 is 0. The van der Waals surface area contributed by atoms with Crippen LogP contribution in [0, 0.1) is 0 Å². The highest BCUT2D eigenvalue weighted by molar-refractivity contribution is 5.82. The minimum absolute atomic E-state index is 0.0297. The van der Waals surface area contributed by atoms with Crippen LogP contribution in [0.15, 0.2) is 0 Å². The van der Waals surface area contributed by atoms with Crippen LogP contribution in [-0.2, 0) is 14.4 Å². The molecule has 128 valence electrons. The number of carbonyl (C=O) groups is 3. The number of nitrogens with zero attached hydrogens (tertiary/aromatic N) is 1. The normalized spacial score (nSPS) is 13.5. The van der Waals surface area contributed by atoms with Gasteiger partial charge in [0, 0.05) is 19.5 Å². The van der Waals surface area contributed by atoms with Gasteiger partial charge in [-0.3, -0.25) is 19.3 Å². The van der Waals surface area contributed by atoms with E-state index in [2.05, 4.69) is 10.6 Å². The fourth-order valence-corrected chi connectivity index (χ4v) is 2.18. The number of carbonyl (C=O) groups excluding carboxylic acids is 2. The van der Waals surface area contributed by atoms with E-state index >= 15 is 0 Å². The summed E-state index contributed by atoms with van der Waals surface area (Å²) in [6, 6.07) is -0.649. The average molecular weight is 315 g/mol. The molecule has 7 heteroatoms. The molecule has 2 unspecified atom stereocenters. The van der Waals surface area contributed by atoms with Gasteiger partial charge in [0.15, 0.2) is 0 Å². The molecule has 0 aliphatic rings. The number of carboxylic acids is 1. The van der Waals surface area contributed by atoms with Crippen LogP contribution in [0.4, 0.5) is 0 Å². The highest BCUT2D eigenvalue weighted by Crippen LogP contribution is 2.08. The summed E-state index contributed by atoms with van der Waals surface area (Å²) in [5.74, 6) is -1.09. The Morgan fingerprint density at radius 1 is 1.14 bits per heavy atom. The first kappa shape index (κ1) is 20.4. The van der Waals surface area contributed by atoms with Crippen molar-refractivity contribution in [2.24, 2.45) is 0 Å². The standard InChI is InChI=1S/C15H29N3O4/c1-11(10-14(20)21)17-15(22)13(18(3)4)8-6-5-7-9-16-12(2)19/h11,13H,5-10H2,1-4H3,(H,16,19)(H,17,22)(H,20,21). The van der Waals surface area contributed by atoms with E-state index in [0.29, 0.717) is 13.0 Å². The zero-order valence-corrected chi connectivity index (χ0v) is 14.0. The largest absolute Gasteiger partial charge is 0.481 e. The third-order valence-electron chi connectivity index (χ3n) is 3.32. The van der Waals surface area contributed by atoms with Gasteiger partial charge in [0.1, 0.15) is 0 Å². The fraction of sp³-hybridized carbons (Fsp3) is 0.800. The van der Waals surface area contributed by atoms with E-state index < -0.39 is 5.97 Å². The van der Waals surface area contributed by atoms with Gasteiger partial charge in [-0.05, 0) is 33.9 Å². The quantitative estimate of drug-likeness (QED) is 0.485. The monoisotopic (exact) mass is 315 g/mol. The van der Waals surface area contributed by atoms with Gasteiger partial charge < -0.3 is 15.7 Å². The average Bonchev–Trinajstić information content (AvgIpc) is 2.35. The Morgan fingerprint density at radius 3 is 2.27 bits per heavy atom. The number of hydrogen-bond donors (Lipinski definition) is 3. The van der Waals surface area contributed by atoms with Crippen LogP contribution < -0.4 is 10.6 Å². The topological polar surface area (TPSA) is 98.7 Å². The van der Waals surface area contributed by atoms with Crippen LogP contribution in [-0.4, -0.2) is 60.5 Å². The molecule has 0 heterocycles. The van der Waals surface area contributed by atoms with Crippen molar-refractivity contribution in [1.82, 2.24) is 15.5 Å². The predicted molar refractivity (Wildman–Crippen MR) is 84.5 cm³/mol. The van der Waals surface area contributed by atoms with Gasteiger partial charge in [-0.2, -0.15) is 0 Å². The molecule has 3 N–H and O–H groups in total. The Hall–Kier alpha value is -1.63. The molecule has 0 aromatic carbocycles. The molecule has 0 aromatic heterocycles. The molecular weight excluding hydrogens is 286 g/mol. The van der Waals surface area contributed by atoms with E-state index in [1.807, 2.05) is 19.0 Å². The van der Waals surface area contributed by atoms with Crippen molar-refractivity contribution in [2.75, 3.05) is 20.6 Å². The van der Waals surface area contributed by atoms with Crippen molar-refractivity contribution in [3.05, 3.63) is 0 Å². The Labute approximate surface area is 132 Å². The minimum atomic E-state index is -0.924. The molecule has 0 fully saturated rings. The van der Waals surface area contributed by atoms with Crippen molar-refractivity contribution in [3.8, 4) is 0 Å². The lowest BCUT2D eigenvalue weighted by Gasteiger charge is -2.25. The second-order valence-corrected chi connectivity index (χ2v) is 5.82. The van der Waals surface area contributed by atoms with E-state index in [4.69, 9.17) is 5.11 Å². The second kappa shape index (κ2) is 11.0. The summed E-state index contributed by atoms with van der Waals surface area (Å²) in [6.45, 7) is 3.83. The van der Waals surface area contributed by atoms with Crippen molar-refractivity contribution in [1.29, 1.82) is 0 Å². The predicted octanol–water partition coefficient (Wildman–Crippen LogP) is 0.593. The molecular formula is C15H29N3O4. The first-order valence-electron chi connectivity index (χ1n) is 7.67. The molecule has 0 aliphatic heterocycles. The molecule has 2 amide bonds. The van der Waals surface area contributed by atoms with Gasteiger partial charge in [-0.15, -0.1) is 0 Å². The molecule has 0 aromatic rings. The maximum Gasteiger partial charge on any atom is 0.305 e. The van der Waals surface area contributed by atoms with Gasteiger partial charge in [-0.25, -0.2) is 0 Å². The summed E-state index contributed by atoms with van der Waals surface area (Å²) in [5, 5.41) is 14.2. The van der Waals surface area contributed by atoms with Crippen LogP contribution in [0.5, 0.6) is 0 Å². The molecule has 0 spiro atoms. The van der Waals surface area contributed by atoms with E-state index in [-0.39, 0.29) is 30.3 Å². The lowest BCUT2D eigenvalue weighted by atomic mass is 10.1. The van der Waals surface area contributed by atoms with Gasteiger partial charge in [0.05, 0.1) is 12.5 Å². The third-order valence-corrected chi connectivity index (χ3v) is 3.32. The number of amides is 2. The summed E-state index contributed by atoms with van der Waals surface area (Å²) < 4.78 is 0. The molecule has 0 saturated carbocycles. The molecule has 2 atom stereocenters. The maximum atomic E-state index is 12.2. The van der Waals surface area contributed by atoms with Crippen LogP contribution >= 0.6 is 0 Å². The van der Waals surface area contributed by atoms with Crippen molar-refractivity contribution in [2.45, 2.75) is 58.0 Å². The number of likely N-dealkylation sites (N-methyl/N-ethyl adjacent to an activating group) is 1. The van der Waals surface area contributed by atoms with Gasteiger partial charge in [0.2, 0.25) is 11.8 Å². The first-order valence-corrected chi connectivity index (χ1v) is 7.67. The molecule has 0 saturated heterocycles. The van der Waals surface area contributed by atoms with Crippen LogP contribution in [0.2, 0.25) is 0 Å². The zero-order chi connectivity index (χ0) is 17.1. The lowest BCUT2D eigenvalue weighted by molar-refractivity contribution is -0.137. The van der Waals surface area contributed by atoms with Crippen molar-refractivity contribution in [3.63, 3.8) is 0 Å². The minimum Gasteiger partial charge on any atom is -0.481 e. The van der Waals surface area contributed by atoms with Gasteiger partial charge >= 0.3 is 5.97 Å². The molecule has 0 radical (unpaired) electrons. The number of aliphatic carboxylic acids is 1. The highest BCUT2D eigenvalue weighted by atomic mass is 16.4. The highest BCUT2D eigenvalue weighted by Gasteiger charge is 2.22. The number of rotatable bonds is 11. The second-order valence-electron chi connectivity index (χ2n) is 5.82. The van der Waals surface area contributed by atoms with Crippen molar-refractivity contribution < 1.29 is 19.5 Å². The number of carboxylic acid groups (broad SMARTS) is 1. The van der Waals surface area contributed by atoms with E-state index in [1.165, 1.54) is 6.92 Å². The van der Waals surface area contributed by atoms with Crippen LogP contribution in [0.3, 0.4) is 0 Å². The Bertz CT molecular complexity index is 372. The number of nitrogens with one attached hydrogen (secondary N) is 2. The Kier molecular flexibility index (Phi) is 10.2. The van der Waals surface area contributed by atoms with E-state index in [9.17, 15) is 14.4 Å². The Balaban J connectivity index is 4.11.